The van der Waals surface area contributed by atoms with Crippen LogP contribution >= 0.6 is 0 Å². The molecule has 0 atom stereocenters. The smallest absolute Gasteiger partial charge is 0.215 e. The molecule has 0 saturated carbocycles. The third-order valence-electron chi connectivity index (χ3n) is 9.73. The number of fused-ring (bicyclic) bond motifs is 2. The highest BCUT2D eigenvalue weighted by Gasteiger charge is 2.24. The molecule has 0 bridgehead atoms. The average Bonchev–Trinajstić information content (AvgIpc) is 3.15. The molecule has 6 aromatic carbocycles. The molecule has 0 amide bonds. The first-order valence-electron chi connectivity index (χ1n) is 17.7. The Hall–Kier alpha value is -6.72. The van der Waals surface area contributed by atoms with E-state index in [4.69, 9.17) is 4.42 Å². The number of carbonyl (C=O) groups is 1. The number of aryl methyl sites for hydroxylation is 4. The summed E-state index contributed by atoms with van der Waals surface area (Å²) in [5.41, 5.74) is 12.5. The second kappa shape index (κ2) is 13.8. The topological polar surface area (TPSA) is 59.5 Å². The molecule has 8 rings (SSSR count). The van der Waals surface area contributed by atoms with E-state index in [0.717, 1.165) is 61.4 Å². The molecule has 1 heterocycles. The van der Waals surface area contributed by atoms with Gasteiger partial charge in [-0.25, -0.2) is 0 Å². The largest absolute Gasteiger partial charge is 0.545 e. The first kappa shape index (κ1) is 33.4. The van der Waals surface area contributed by atoms with Crippen LogP contribution in [-0.4, -0.2) is 5.97 Å². The summed E-state index contributed by atoms with van der Waals surface area (Å²) in [6.45, 7) is 8.35. The lowest BCUT2D eigenvalue weighted by Crippen LogP contribution is -2.23. The predicted octanol–water partition coefficient (Wildman–Crippen LogP) is 10.7. The second-order valence-corrected chi connectivity index (χ2v) is 13.7. The van der Waals surface area contributed by atoms with E-state index in [-0.39, 0.29) is 5.56 Å². The Morgan fingerprint density at radius 1 is 0.547 bits per heavy atom. The van der Waals surface area contributed by atoms with Crippen LogP contribution in [0, 0.1) is 27.7 Å². The van der Waals surface area contributed by atoms with Crippen LogP contribution < -0.4 is 19.9 Å². The molecule has 2 aliphatic rings. The molecule has 0 aromatic heterocycles. The van der Waals surface area contributed by atoms with Crippen molar-refractivity contribution >= 4 is 45.4 Å². The first-order valence-corrected chi connectivity index (χ1v) is 17.7. The zero-order chi connectivity index (χ0) is 36.6. The van der Waals surface area contributed by atoms with Crippen molar-refractivity contribution in [2.75, 3.05) is 4.90 Å². The fraction of sp³-hybridized carbons (Fsp3) is 0.0833. The number of aromatic carboxylic acids is 1. The summed E-state index contributed by atoms with van der Waals surface area (Å²) in [6, 6.07) is 53.1. The Bertz CT molecular complexity index is 2690. The Morgan fingerprint density at radius 3 is 1.92 bits per heavy atom. The Kier molecular flexibility index (Phi) is 8.69. The van der Waals surface area contributed by atoms with E-state index in [1.54, 1.807) is 12.1 Å². The minimum atomic E-state index is -1.23. The van der Waals surface area contributed by atoms with E-state index in [1.165, 1.54) is 11.1 Å². The number of anilines is 3. The fourth-order valence-corrected chi connectivity index (χ4v) is 7.13. The number of carboxylic acids is 1. The molecule has 0 unspecified atom stereocenters. The van der Waals surface area contributed by atoms with Crippen molar-refractivity contribution in [3.05, 3.63) is 191 Å². The van der Waals surface area contributed by atoms with Gasteiger partial charge in [-0.1, -0.05) is 83.9 Å². The lowest BCUT2D eigenvalue weighted by atomic mass is 9.90. The molecule has 0 fully saturated rings. The van der Waals surface area contributed by atoms with Crippen LogP contribution in [0.25, 0.3) is 33.4 Å². The monoisotopic (exact) mass is 690 g/mol. The van der Waals surface area contributed by atoms with Crippen molar-refractivity contribution in [2.45, 2.75) is 27.7 Å². The third-order valence-corrected chi connectivity index (χ3v) is 9.73. The van der Waals surface area contributed by atoms with Gasteiger partial charge in [0, 0.05) is 75.5 Å². The summed E-state index contributed by atoms with van der Waals surface area (Å²) in [6.07, 6.45) is 0. The molecule has 5 heteroatoms. The molecule has 0 radical (unpaired) electrons. The number of carbonyl (C=O) groups excluding carboxylic acids is 1. The highest BCUT2D eigenvalue weighted by atomic mass is 16.4. The second-order valence-electron chi connectivity index (χ2n) is 13.7. The standard InChI is InChI=1S/C48H38N2O3/c1-31-15-19-35(20-16-31)49(37-11-7-9-33(3)27-37)39-23-25-43-45(29-39)53-46-30-40(24-26-44(46)47(43)41-13-5-6-14-42(41)48(51)52)50(36-21-17-32(2)18-22-36)38-12-8-10-34(4)28-38/h5-30H,1-4H3. The summed E-state index contributed by atoms with van der Waals surface area (Å²) in [7, 11) is 0. The normalized spacial score (nSPS) is 11.8. The van der Waals surface area contributed by atoms with Gasteiger partial charge in [-0.3, -0.25) is 0 Å². The molecule has 1 aliphatic heterocycles. The third kappa shape index (κ3) is 6.49. The number of nitrogens with zero attached hydrogens (tertiary/aromatic N) is 2. The zero-order valence-corrected chi connectivity index (χ0v) is 30.1. The molecule has 0 spiro atoms. The van der Waals surface area contributed by atoms with Crippen LogP contribution in [0.5, 0.6) is 0 Å². The molecule has 258 valence electrons. The van der Waals surface area contributed by atoms with Crippen molar-refractivity contribution in [2.24, 2.45) is 0 Å². The lowest BCUT2D eigenvalue weighted by molar-refractivity contribution is -0.254. The van der Waals surface area contributed by atoms with Gasteiger partial charge in [0.15, 0.2) is 0 Å². The van der Waals surface area contributed by atoms with Gasteiger partial charge < -0.3 is 19.2 Å². The molecular formula is C48H38N2O3. The number of rotatable bonds is 7. The summed E-state index contributed by atoms with van der Waals surface area (Å²) in [5, 5.41) is 14.2. The van der Waals surface area contributed by atoms with E-state index < -0.39 is 5.97 Å². The molecule has 0 saturated heterocycles. The van der Waals surface area contributed by atoms with Gasteiger partial charge in [0.25, 0.3) is 0 Å². The fourth-order valence-electron chi connectivity index (χ4n) is 7.13. The van der Waals surface area contributed by atoms with Crippen molar-refractivity contribution in [1.82, 2.24) is 4.58 Å². The van der Waals surface area contributed by atoms with Crippen molar-refractivity contribution in [3.63, 3.8) is 0 Å². The maximum atomic E-state index is 12.5. The predicted molar refractivity (Wildman–Crippen MR) is 214 cm³/mol. The van der Waals surface area contributed by atoms with E-state index >= 15 is 0 Å². The summed E-state index contributed by atoms with van der Waals surface area (Å²) in [5.74, 6) is -0.608. The Balaban J connectivity index is 1.45. The SMILES string of the molecule is Cc1ccc(N(c2cccc(C)c2)c2ccc3c(-c4ccccc4C(=O)[O-])c4ccc(=[N+](c5ccc(C)cc5)c5cccc(C)c5)cc-4oc3c2)cc1. The van der Waals surface area contributed by atoms with E-state index in [0.29, 0.717) is 16.9 Å². The van der Waals surface area contributed by atoms with E-state index in [1.807, 2.05) is 36.4 Å². The molecule has 5 nitrogen and oxygen atoms in total. The van der Waals surface area contributed by atoms with Crippen LogP contribution in [-0.2, 0) is 0 Å². The van der Waals surface area contributed by atoms with Crippen LogP contribution in [0.1, 0.15) is 32.6 Å². The highest BCUT2D eigenvalue weighted by molar-refractivity contribution is 6.07. The molecular weight excluding hydrogens is 653 g/mol. The molecule has 53 heavy (non-hydrogen) atoms. The van der Waals surface area contributed by atoms with E-state index in [2.05, 4.69) is 146 Å². The van der Waals surface area contributed by atoms with Gasteiger partial charge in [-0.15, -0.1) is 0 Å². The van der Waals surface area contributed by atoms with Gasteiger partial charge in [-0.05, 0) is 86.8 Å². The number of hydrogen-bond acceptors (Lipinski definition) is 4. The van der Waals surface area contributed by atoms with Crippen molar-refractivity contribution in [3.8, 4) is 22.5 Å². The number of benzene rings is 7. The molecule has 0 N–H and O–H groups in total. The summed E-state index contributed by atoms with van der Waals surface area (Å²) < 4.78 is 9.12. The van der Waals surface area contributed by atoms with Crippen molar-refractivity contribution in [1.29, 1.82) is 0 Å². The van der Waals surface area contributed by atoms with Gasteiger partial charge in [0.05, 0.1) is 12.0 Å². The minimum absolute atomic E-state index is 0.122. The van der Waals surface area contributed by atoms with Crippen LogP contribution in [0.3, 0.4) is 0 Å². The quantitative estimate of drug-likeness (QED) is 0.123. The first-order chi connectivity index (χ1) is 25.7. The van der Waals surface area contributed by atoms with Crippen molar-refractivity contribution < 1.29 is 14.3 Å². The average molecular weight is 691 g/mol. The minimum Gasteiger partial charge on any atom is -0.545 e. The maximum Gasteiger partial charge on any atom is 0.215 e. The lowest BCUT2D eigenvalue weighted by Gasteiger charge is -2.26. The number of carboxylic acid groups (broad SMARTS) is 1. The highest BCUT2D eigenvalue weighted by Crippen LogP contribution is 2.44. The number of hydrogen-bond donors (Lipinski definition) is 0. The zero-order valence-electron chi connectivity index (χ0n) is 30.1. The van der Waals surface area contributed by atoms with Gasteiger partial charge in [-0.2, -0.15) is 4.58 Å². The molecule has 6 aromatic rings. The van der Waals surface area contributed by atoms with E-state index in [9.17, 15) is 9.90 Å². The van der Waals surface area contributed by atoms with Crippen LogP contribution in [0.15, 0.2) is 162 Å². The Labute approximate surface area is 309 Å². The summed E-state index contributed by atoms with van der Waals surface area (Å²) in [4.78, 5) is 14.8. The van der Waals surface area contributed by atoms with Crippen LogP contribution in [0.2, 0.25) is 0 Å². The Morgan fingerprint density at radius 2 is 1.21 bits per heavy atom. The van der Waals surface area contributed by atoms with Crippen LogP contribution in [0.4, 0.5) is 28.4 Å². The molecule has 1 aliphatic carbocycles. The maximum absolute atomic E-state index is 12.5. The van der Waals surface area contributed by atoms with Gasteiger partial charge >= 0.3 is 0 Å². The van der Waals surface area contributed by atoms with Gasteiger partial charge in [0.1, 0.15) is 11.3 Å². The summed E-state index contributed by atoms with van der Waals surface area (Å²) >= 11 is 0. The van der Waals surface area contributed by atoms with Gasteiger partial charge in [0.2, 0.25) is 16.7 Å².